The number of hydrogen-bond acceptors (Lipinski definition) is 5. The van der Waals surface area contributed by atoms with Crippen LogP contribution in [0.5, 0.6) is 0 Å². The van der Waals surface area contributed by atoms with Gasteiger partial charge in [0.25, 0.3) is 0 Å². The molecule has 3 rings (SSSR count). The topological polar surface area (TPSA) is 57.2 Å². The number of ether oxygens (including phenoxy) is 4. The molecule has 0 aromatic heterocycles. The van der Waals surface area contributed by atoms with Crippen LogP contribution in [-0.4, -0.2) is 48.2 Å². The molecule has 0 radical (unpaired) electrons. The van der Waals surface area contributed by atoms with E-state index in [0.717, 1.165) is 0 Å². The summed E-state index contributed by atoms with van der Waals surface area (Å²) in [6, 6.07) is 0. The molecule has 3 aliphatic heterocycles. The van der Waals surface area contributed by atoms with Gasteiger partial charge in [0, 0.05) is 0 Å². The molecule has 0 unspecified atom stereocenters. The fourth-order valence-electron chi connectivity index (χ4n) is 2.31. The highest BCUT2D eigenvalue weighted by atomic mass is 16.8. The summed E-state index contributed by atoms with van der Waals surface area (Å²) < 4.78 is 22.1. The van der Waals surface area contributed by atoms with E-state index < -0.39 is 18.2 Å². The summed E-state index contributed by atoms with van der Waals surface area (Å²) in [5.41, 5.74) is 0. The third-order valence-electron chi connectivity index (χ3n) is 2.87. The van der Waals surface area contributed by atoms with Gasteiger partial charge in [0.15, 0.2) is 12.1 Å². The van der Waals surface area contributed by atoms with Gasteiger partial charge in [-0.2, -0.15) is 0 Å². The van der Waals surface area contributed by atoms with Crippen molar-refractivity contribution in [3.63, 3.8) is 0 Å². The standard InChI is InChI=1S/C9H14O5/c1-9(2)13-7-6-5(4(10)3-11-6)12-8(7)14-9/h4-8,10H,3H2,1-2H3/t4-,5-,6+,7-,8+/m1/s1. The monoisotopic (exact) mass is 202 g/mol. The lowest BCUT2D eigenvalue weighted by atomic mass is 10.1. The van der Waals surface area contributed by atoms with Gasteiger partial charge in [-0.05, 0) is 13.8 Å². The van der Waals surface area contributed by atoms with Gasteiger partial charge in [-0.1, -0.05) is 0 Å². The molecule has 5 nitrogen and oxygen atoms in total. The van der Waals surface area contributed by atoms with Gasteiger partial charge in [-0.15, -0.1) is 0 Å². The van der Waals surface area contributed by atoms with Crippen LogP contribution in [0.1, 0.15) is 13.8 Å². The molecule has 3 fully saturated rings. The van der Waals surface area contributed by atoms with E-state index in [0.29, 0.717) is 6.61 Å². The van der Waals surface area contributed by atoms with E-state index in [1.807, 2.05) is 13.8 Å². The number of aliphatic hydroxyl groups excluding tert-OH is 1. The maximum atomic E-state index is 9.52. The average Bonchev–Trinajstić information content (AvgIpc) is 2.63. The lowest BCUT2D eigenvalue weighted by Gasteiger charge is -2.21. The third-order valence-corrected chi connectivity index (χ3v) is 2.87. The van der Waals surface area contributed by atoms with Gasteiger partial charge < -0.3 is 24.1 Å². The van der Waals surface area contributed by atoms with Gasteiger partial charge in [0.05, 0.1) is 6.61 Å². The average molecular weight is 202 g/mol. The van der Waals surface area contributed by atoms with E-state index in [1.165, 1.54) is 0 Å². The van der Waals surface area contributed by atoms with Crippen LogP contribution in [-0.2, 0) is 18.9 Å². The Balaban J connectivity index is 1.80. The molecular formula is C9H14O5. The van der Waals surface area contributed by atoms with E-state index in [9.17, 15) is 5.11 Å². The Morgan fingerprint density at radius 1 is 1.14 bits per heavy atom. The summed E-state index contributed by atoms with van der Waals surface area (Å²) in [7, 11) is 0. The Hall–Kier alpha value is -0.200. The van der Waals surface area contributed by atoms with Crippen LogP contribution >= 0.6 is 0 Å². The summed E-state index contributed by atoms with van der Waals surface area (Å²) >= 11 is 0. The molecule has 3 saturated heterocycles. The normalized spacial score (nSPS) is 54.6. The molecule has 0 amide bonds. The zero-order chi connectivity index (χ0) is 9.92. The quantitative estimate of drug-likeness (QED) is 0.580. The summed E-state index contributed by atoms with van der Waals surface area (Å²) in [6.45, 7) is 4.01. The molecule has 1 N–H and O–H groups in total. The van der Waals surface area contributed by atoms with Crippen molar-refractivity contribution in [2.45, 2.75) is 50.3 Å². The summed E-state index contributed by atoms with van der Waals surface area (Å²) in [5.74, 6) is -0.614. The zero-order valence-electron chi connectivity index (χ0n) is 8.17. The second-order valence-electron chi connectivity index (χ2n) is 4.43. The molecule has 5 atom stereocenters. The Morgan fingerprint density at radius 3 is 2.71 bits per heavy atom. The van der Waals surface area contributed by atoms with Crippen LogP contribution in [0, 0.1) is 0 Å². The number of fused-ring (bicyclic) bond motifs is 3. The van der Waals surface area contributed by atoms with Gasteiger partial charge in [0.1, 0.15) is 24.4 Å². The molecule has 3 aliphatic rings. The minimum atomic E-state index is -0.614. The number of rotatable bonds is 0. The fraction of sp³-hybridized carbons (Fsp3) is 1.00. The van der Waals surface area contributed by atoms with Gasteiger partial charge in [0.2, 0.25) is 0 Å². The molecule has 0 spiro atoms. The summed E-state index contributed by atoms with van der Waals surface area (Å²) in [4.78, 5) is 0. The van der Waals surface area contributed by atoms with E-state index >= 15 is 0 Å². The minimum Gasteiger partial charge on any atom is -0.388 e. The summed E-state index contributed by atoms with van der Waals surface area (Å²) in [6.07, 6.45) is -1.62. The molecule has 80 valence electrons. The highest BCUT2D eigenvalue weighted by Gasteiger charge is 2.59. The molecule has 0 saturated carbocycles. The predicted molar refractivity (Wildman–Crippen MR) is 44.4 cm³/mol. The van der Waals surface area contributed by atoms with Gasteiger partial charge >= 0.3 is 0 Å². The van der Waals surface area contributed by atoms with Crippen molar-refractivity contribution in [2.75, 3.05) is 6.61 Å². The number of aliphatic hydroxyl groups is 1. The van der Waals surface area contributed by atoms with Crippen LogP contribution < -0.4 is 0 Å². The van der Waals surface area contributed by atoms with Crippen LogP contribution in [0.3, 0.4) is 0 Å². The van der Waals surface area contributed by atoms with Crippen LogP contribution in [0.4, 0.5) is 0 Å². The van der Waals surface area contributed by atoms with Crippen molar-refractivity contribution in [1.82, 2.24) is 0 Å². The third kappa shape index (κ3) is 1.14. The van der Waals surface area contributed by atoms with Gasteiger partial charge in [-0.25, -0.2) is 0 Å². The summed E-state index contributed by atoms with van der Waals surface area (Å²) in [5, 5.41) is 9.52. The first kappa shape index (κ1) is 9.06. The molecule has 0 aliphatic carbocycles. The predicted octanol–water partition coefficient (Wildman–Crippen LogP) is -0.378. The number of hydrogen-bond donors (Lipinski definition) is 1. The fourth-order valence-corrected chi connectivity index (χ4v) is 2.31. The van der Waals surface area contributed by atoms with Crippen molar-refractivity contribution in [3.05, 3.63) is 0 Å². The lowest BCUT2D eigenvalue weighted by molar-refractivity contribution is -0.214. The molecule has 0 bridgehead atoms. The van der Waals surface area contributed by atoms with Crippen molar-refractivity contribution < 1.29 is 24.1 Å². The molecule has 3 heterocycles. The zero-order valence-corrected chi connectivity index (χ0v) is 8.17. The van der Waals surface area contributed by atoms with E-state index in [2.05, 4.69) is 0 Å². The van der Waals surface area contributed by atoms with Crippen molar-refractivity contribution in [3.8, 4) is 0 Å². The molecule has 5 heteroatoms. The van der Waals surface area contributed by atoms with E-state index in [4.69, 9.17) is 18.9 Å². The smallest absolute Gasteiger partial charge is 0.190 e. The highest BCUT2D eigenvalue weighted by Crippen LogP contribution is 2.41. The Morgan fingerprint density at radius 2 is 1.93 bits per heavy atom. The lowest BCUT2D eigenvalue weighted by Crippen LogP contribution is -2.35. The van der Waals surface area contributed by atoms with Crippen molar-refractivity contribution >= 4 is 0 Å². The maximum Gasteiger partial charge on any atom is 0.190 e. The highest BCUT2D eigenvalue weighted by molar-refractivity contribution is 5.00. The first-order chi connectivity index (χ1) is 6.57. The van der Waals surface area contributed by atoms with E-state index in [-0.39, 0.29) is 18.3 Å². The first-order valence-corrected chi connectivity index (χ1v) is 4.88. The van der Waals surface area contributed by atoms with Crippen molar-refractivity contribution in [1.29, 1.82) is 0 Å². The second-order valence-corrected chi connectivity index (χ2v) is 4.43. The molecular weight excluding hydrogens is 188 g/mol. The minimum absolute atomic E-state index is 0.184. The van der Waals surface area contributed by atoms with Crippen LogP contribution in [0.25, 0.3) is 0 Å². The molecule has 14 heavy (non-hydrogen) atoms. The second kappa shape index (κ2) is 2.68. The Bertz CT molecular complexity index is 254. The maximum absolute atomic E-state index is 9.52. The molecule has 0 aromatic rings. The van der Waals surface area contributed by atoms with Gasteiger partial charge in [-0.3, -0.25) is 0 Å². The largest absolute Gasteiger partial charge is 0.388 e. The van der Waals surface area contributed by atoms with Crippen LogP contribution in [0.2, 0.25) is 0 Å². The first-order valence-electron chi connectivity index (χ1n) is 4.88. The Kier molecular flexibility index (Phi) is 1.73. The Labute approximate surface area is 81.9 Å². The van der Waals surface area contributed by atoms with Crippen molar-refractivity contribution in [2.24, 2.45) is 0 Å². The molecule has 0 aromatic carbocycles. The SMILES string of the molecule is CC1(C)O[C@@H]2O[C@H]3[C@H](OC[C@H]3O)[C@H]2O1. The van der Waals surface area contributed by atoms with Crippen LogP contribution in [0.15, 0.2) is 0 Å². The van der Waals surface area contributed by atoms with E-state index in [1.54, 1.807) is 0 Å².